The first-order chi connectivity index (χ1) is 6.95. The second-order valence-electron chi connectivity index (χ2n) is 4.66. The van der Waals surface area contributed by atoms with Gasteiger partial charge in [-0.25, -0.2) is 9.97 Å². The molecule has 0 amide bonds. The molecule has 0 bridgehead atoms. The maximum atomic E-state index is 5.42. The van der Waals surface area contributed by atoms with E-state index in [4.69, 9.17) is 5.73 Å². The number of hydrogen-bond donors (Lipinski definition) is 2. The molecule has 84 valence electrons. The molecule has 4 heteroatoms. The zero-order valence-electron chi connectivity index (χ0n) is 9.96. The molecule has 0 saturated heterocycles. The summed E-state index contributed by atoms with van der Waals surface area (Å²) in [6.45, 7) is 9.66. The molecule has 1 heterocycles. The van der Waals surface area contributed by atoms with Crippen LogP contribution in [0.1, 0.15) is 32.3 Å². The second-order valence-corrected chi connectivity index (χ2v) is 4.66. The molecule has 1 aromatic rings. The summed E-state index contributed by atoms with van der Waals surface area (Å²) in [5.41, 5.74) is 7.36. The maximum Gasteiger partial charge on any atom is 0.134 e. The van der Waals surface area contributed by atoms with Crippen molar-refractivity contribution < 1.29 is 0 Å². The van der Waals surface area contributed by atoms with Crippen molar-refractivity contribution in [1.29, 1.82) is 0 Å². The van der Waals surface area contributed by atoms with Gasteiger partial charge in [-0.05, 0) is 6.92 Å². The fraction of sp³-hybridized carbons (Fsp3) is 0.636. The van der Waals surface area contributed by atoms with Gasteiger partial charge in [-0.3, -0.25) is 0 Å². The van der Waals surface area contributed by atoms with Crippen molar-refractivity contribution in [1.82, 2.24) is 9.97 Å². The Bertz CT molecular complexity index is 328. The summed E-state index contributed by atoms with van der Waals surface area (Å²) in [5.74, 6) is 0.873. The quantitative estimate of drug-likeness (QED) is 0.789. The van der Waals surface area contributed by atoms with Crippen LogP contribution in [0.5, 0.6) is 0 Å². The van der Waals surface area contributed by atoms with Gasteiger partial charge in [0, 0.05) is 18.5 Å². The maximum absolute atomic E-state index is 5.42. The van der Waals surface area contributed by atoms with E-state index in [2.05, 4.69) is 36.1 Å². The van der Waals surface area contributed by atoms with Crippen LogP contribution in [0, 0.1) is 6.92 Å². The normalized spacial score (nSPS) is 11.5. The van der Waals surface area contributed by atoms with E-state index in [1.165, 1.54) is 0 Å². The number of aryl methyl sites for hydroxylation is 1. The van der Waals surface area contributed by atoms with Crippen molar-refractivity contribution >= 4 is 5.69 Å². The molecule has 0 radical (unpaired) electrons. The highest BCUT2D eigenvalue weighted by atomic mass is 15.0. The predicted octanol–water partition coefficient (Wildman–Crippen LogP) is 1.45. The third kappa shape index (κ3) is 3.16. The van der Waals surface area contributed by atoms with Crippen molar-refractivity contribution in [3.05, 3.63) is 17.7 Å². The van der Waals surface area contributed by atoms with E-state index in [1.807, 2.05) is 13.1 Å². The zero-order valence-corrected chi connectivity index (χ0v) is 9.96. The minimum atomic E-state index is -0.00282. The Morgan fingerprint density at radius 1 is 1.40 bits per heavy atom. The summed E-state index contributed by atoms with van der Waals surface area (Å²) in [6, 6.07) is 0. The molecule has 0 aliphatic carbocycles. The van der Waals surface area contributed by atoms with Crippen molar-refractivity contribution in [2.24, 2.45) is 5.73 Å². The van der Waals surface area contributed by atoms with Gasteiger partial charge in [-0.15, -0.1) is 0 Å². The van der Waals surface area contributed by atoms with Gasteiger partial charge in [-0.2, -0.15) is 0 Å². The SMILES string of the molecule is Cc1nc(C(C)(C)C)ncc1NCCN. The lowest BCUT2D eigenvalue weighted by atomic mass is 9.95. The van der Waals surface area contributed by atoms with Gasteiger partial charge < -0.3 is 11.1 Å². The van der Waals surface area contributed by atoms with E-state index in [-0.39, 0.29) is 5.41 Å². The Morgan fingerprint density at radius 3 is 2.53 bits per heavy atom. The van der Waals surface area contributed by atoms with Crippen LogP contribution in [-0.4, -0.2) is 23.1 Å². The number of aromatic nitrogens is 2. The fourth-order valence-corrected chi connectivity index (χ4v) is 1.21. The largest absolute Gasteiger partial charge is 0.381 e. The Morgan fingerprint density at radius 2 is 2.07 bits per heavy atom. The smallest absolute Gasteiger partial charge is 0.134 e. The minimum absolute atomic E-state index is 0.00282. The van der Waals surface area contributed by atoms with Crippen LogP contribution in [0.2, 0.25) is 0 Å². The van der Waals surface area contributed by atoms with Crippen molar-refractivity contribution in [2.45, 2.75) is 33.1 Å². The van der Waals surface area contributed by atoms with Gasteiger partial charge >= 0.3 is 0 Å². The van der Waals surface area contributed by atoms with Crippen LogP contribution >= 0.6 is 0 Å². The molecule has 3 N–H and O–H groups in total. The van der Waals surface area contributed by atoms with E-state index in [0.717, 1.165) is 23.8 Å². The summed E-state index contributed by atoms with van der Waals surface area (Å²) in [7, 11) is 0. The highest BCUT2D eigenvalue weighted by Crippen LogP contribution is 2.20. The summed E-state index contributed by atoms with van der Waals surface area (Å²) in [6.07, 6.45) is 1.83. The van der Waals surface area contributed by atoms with Gasteiger partial charge in [0.2, 0.25) is 0 Å². The van der Waals surface area contributed by atoms with Gasteiger partial charge in [-0.1, -0.05) is 20.8 Å². The molecular formula is C11H20N4. The summed E-state index contributed by atoms with van der Waals surface area (Å²) >= 11 is 0. The number of rotatable bonds is 3. The topological polar surface area (TPSA) is 63.8 Å². The molecule has 1 rings (SSSR count). The lowest BCUT2D eigenvalue weighted by Crippen LogP contribution is -2.18. The Labute approximate surface area is 91.3 Å². The van der Waals surface area contributed by atoms with Gasteiger partial charge in [0.1, 0.15) is 5.82 Å². The van der Waals surface area contributed by atoms with Gasteiger partial charge in [0.05, 0.1) is 17.6 Å². The molecule has 0 atom stereocenters. The number of nitrogens with two attached hydrogens (primary N) is 1. The number of hydrogen-bond acceptors (Lipinski definition) is 4. The first-order valence-corrected chi connectivity index (χ1v) is 5.23. The molecule has 4 nitrogen and oxygen atoms in total. The number of anilines is 1. The molecule has 0 aliphatic rings. The van der Waals surface area contributed by atoms with Gasteiger partial charge in [0.25, 0.3) is 0 Å². The molecule has 15 heavy (non-hydrogen) atoms. The Balaban J connectivity index is 2.88. The van der Waals surface area contributed by atoms with E-state index >= 15 is 0 Å². The lowest BCUT2D eigenvalue weighted by molar-refractivity contribution is 0.543. The highest BCUT2D eigenvalue weighted by molar-refractivity contribution is 5.45. The molecule has 0 unspecified atom stereocenters. The molecule has 0 aliphatic heterocycles. The van der Waals surface area contributed by atoms with Crippen molar-refractivity contribution in [3.63, 3.8) is 0 Å². The average Bonchev–Trinajstić information content (AvgIpc) is 2.14. The number of nitrogens with one attached hydrogen (secondary N) is 1. The van der Waals surface area contributed by atoms with E-state index < -0.39 is 0 Å². The number of nitrogens with zero attached hydrogens (tertiary/aromatic N) is 2. The van der Waals surface area contributed by atoms with Crippen LogP contribution < -0.4 is 11.1 Å². The van der Waals surface area contributed by atoms with Gasteiger partial charge in [0.15, 0.2) is 0 Å². The van der Waals surface area contributed by atoms with Crippen LogP contribution in [0.25, 0.3) is 0 Å². The minimum Gasteiger partial charge on any atom is -0.381 e. The zero-order chi connectivity index (χ0) is 11.5. The van der Waals surface area contributed by atoms with E-state index in [9.17, 15) is 0 Å². The lowest BCUT2D eigenvalue weighted by Gasteiger charge is -2.18. The van der Waals surface area contributed by atoms with Crippen LogP contribution in [0.15, 0.2) is 6.20 Å². The standard InChI is InChI=1S/C11H20N4/c1-8-9(13-6-5-12)7-14-10(15-8)11(2,3)4/h7,13H,5-6,12H2,1-4H3. The molecular weight excluding hydrogens is 188 g/mol. The highest BCUT2D eigenvalue weighted by Gasteiger charge is 2.17. The molecule has 0 saturated carbocycles. The van der Waals surface area contributed by atoms with Crippen LogP contribution in [-0.2, 0) is 5.41 Å². The summed E-state index contributed by atoms with van der Waals surface area (Å²) in [5, 5.41) is 3.19. The molecule has 0 aromatic carbocycles. The Kier molecular flexibility index (Phi) is 3.63. The van der Waals surface area contributed by atoms with Crippen LogP contribution in [0.3, 0.4) is 0 Å². The first kappa shape index (κ1) is 11.9. The summed E-state index contributed by atoms with van der Waals surface area (Å²) in [4.78, 5) is 8.83. The van der Waals surface area contributed by atoms with E-state index in [1.54, 1.807) is 0 Å². The first-order valence-electron chi connectivity index (χ1n) is 5.23. The fourth-order valence-electron chi connectivity index (χ4n) is 1.21. The third-order valence-corrected chi connectivity index (χ3v) is 2.11. The average molecular weight is 208 g/mol. The monoisotopic (exact) mass is 208 g/mol. The molecule has 0 spiro atoms. The Hall–Kier alpha value is -1.16. The van der Waals surface area contributed by atoms with E-state index in [0.29, 0.717) is 6.54 Å². The van der Waals surface area contributed by atoms with Crippen LogP contribution in [0.4, 0.5) is 5.69 Å². The predicted molar refractivity (Wildman–Crippen MR) is 63.0 cm³/mol. The van der Waals surface area contributed by atoms with Crippen molar-refractivity contribution in [3.8, 4) is 0 Å². The molecule has 1 aromatic heterocycles. The second kappa shape index (κ2) is 4.57. The third-order valence-electron chi connectivity index (χ3n) is 2.11. The summed E-state index contributed by atoms with van der Waals surface area (Å²) < 4.78 is 0. The molecule has 0 fully saturated rings. The van der Waals surface area contributed by atoms with Crippen molar-refractivity contribution in [2.75, 3.05) is 18.4 Å².